The Morgan fingerprint density at radius 3 is 2.29 bits per heavy atom. The Kier molecular flexibility index (Phi) is 9.42. The summed E-state index contributed by atoms with van der Waals surface area (Å²) in [7, 11) is 0. The van der Waals surface area contributed by atoms with Gasteiger partial charge in [-0.3, -0.25) is 10.1 Å². The van der Waals surface area contributed by atoms with Crippen molar-refractivity contribution in [2.75, 3.05) is 16.0 Å². The second-order valence-corrected chi connectivity index (χ2v) is 8.07. The van der Waals surface area contributed by atoms with E-state index in [2.05, 4.69) is 35.9 Å². The molecule has 0 saturated heterocycles. The van der Waals surface area contributed by atoms with Gasteiger partial charge in [-0.2, -0.15) is 13.2 Å². The predicted molar refractivity (Wildman–Crippen MR) is 148 cm³/mol. The number of ether oxygens (including phenoxy) is 1. The summed E-state index contributed by atoms with van der Waals surface area (Å²) >= 11 is 0. The summed E-state index contributed by atoms with van der Waals surface area (Å²) in [4.78, 5) is 38.2. The number of aromatic amines is 2. The van der Waals surface area contributed by atoms with Gasteiger partial charge in [-0.15, -0.1) is 24.8 Å². The fraction of sp³-hybridized carbons (Fsp3) is 0.0400. The number of carbonyl (C=O) groups is 2. The van der Waals surface area contributed by atoms with E-state index in [0.717, 1.165) is 0 Å². The van der Waals surface area contributed by atoms with Crippen LogP contribution in [0.3, 0.4) is 0 Å². The third kappa shape index (κ3) is 7.43. The minimum atomic E-state index is -4.68. The van der Waals surface area contributed by atoms with Gasteiger partial charge in [-0.25, -0.2) is 19.2 Å². The summed E-state index contributed by atoms with van der Waals surface area (Å²) in [5, 5.41) is 7.09. The summed E-state index contributed by atoms with van der Waals surface area (Å²) in [6, 6.07) is 11.9. The van der Waals surface area contributed by atoms with E-state index in [9.17, 15) is 27.2 Å². The molecule has 2 aromatic heterocycles. The van der Waals surface area contributed by atoms with Crippen molar-refractivity contribution in [1.29, 1.82) is 0 Å². The first-order chi connectivity index (χ1) is 18.6. The average Bonchev–Trinajstić information content (AvgIpc) is 3.56. The van der Waals surface area contributed by atoms with Crippen LogP contribution in [-0.4, -0.2) is 31.9 Å². The molecule has 3 aromatic carbocycles. The maximum atomic E-state index is 13.9. The number of imidazole rings is 2. The van der Waals surface area contributed by atoms with Crippen LogP contribution < -0.4 is 20.7 Å². The third-order valence-corrected chi connectivity index (χ3v) is 5.31. The first-order valence-corrected chi connectivity index (χ1v) is 11.2. The van der Waals surface area contributed by atoms with Crippen molar-refractivity contribution >= 4 is 65.1 Å². The number of anilines is 3. The molecular formula is C25H19Cl2F4N7O3. The molecule has 214 valence electrons. The van der Waals surface area contributed by atoms with Gasteiger partial charge in [0.1, 0.15) is 23.0 Å². The smallest absolute Gasteiger partial charge is 0.416 e. The summed E-state index contributed by atoms with van der Waals surface area (Å²) < 4.78 is 58.3. The van der Waals surface area contributed by atoms with Crippen molar-refractivity contribution in [2.24, 2.45) is 0 Å². The number of amides is 3. The van der Waals surface area contributed by atoms with Crippen LogP contribution in [0.25, 0.3) is 11.0 Å². The topological polar surface area (TPSA) is 137 Å². The number of hydrogen-bond donors (Lipinski definition) is 5. The van der Waals surface area contributed by atoms with Crippen LogP contribution in [0.1, 0.15) is 16.1 Å². The molecule has 0 aliphatic heterocycles. The number of fused-ring (bicyclic) bond motifs is 1. The van der Waals surface area contributed by atoms with Crippen LogP contribution in [0.5, 0.6) is 11.5 Å². The zero-order valence-electron chi connectivity index (χ0n) is 20.4. The lowest BCUT2D eigenvalue weighted by Crippen LogP contribution is -2.20. The van der Waals surface area contributed by atoms with Crippen LogP contribution in [-0.2, 0) is 6.18 Å². The molecule has 0 aliphatic carbocycles. The number of carbonyl (C=O) groups excluding carboxylic acids is 2. The first-order valence-electron chi connectivity index (χ1n) is 11.2. The summed E-state index contributed by atoms with van der Waals surface area (Å²) in [6.45, 7) is 0. The summed E-state index contributed by atoms with van der Waals surface area (Å²) in [6.07, 6.45) is -1.85. The molecule has 2 heterocycles. The van der Waals surface area contributed by atoms with Crippen molar-refractivity contribution in [1.82, 2.24) is 19.9 Å². The van der Waals surface area contributed by atoms with Gasteiger partial charge in [0.15, 0.2) is 0 Å². The molecule has 41 heavy (non-hydrogen) atoms. The van der Waals surface area contributed by atoms with Crippen molar-refractivity contribution in [2.45, 2.75) is 6.18 Å². The van der Waals surface area contributed by atoms with Gasteiger partial charge >= 0.3 is 12.2 Å². The molecule has 0 spiro atoms. The number of halogens is 6. The molecule has 16 heteroatoms. The molecule has 0 atom stereocenters. The SMILES string of the molecule is Cl.Cl.O=C(Nc1ccc(Oc2ccc3[nH]c(NC(=O)c4c[nH]cn4)nc3c2)cc1)Nc1cc(C(F)(F)F)ccc1F. The fourth-order valence-electron chi connectivity index (χ4n) is 3.49. The highest BCUT2D eigenvalue weighted by atomic mass is 35.5. The van der Waals surface area contributed by atoms with Crippen molar-refractivity contribution in [3.8, 4) is 11.5 Å². The largest absolute Gasteiger partial charge is 0.457 e. The van der Waals surface area contributed by atoms with E-state index in [0.29, 0.717) is 40.7 Å². The third-order valence-electron chi connectivity index (χ3n) is 5.31. The molecule has 5 aromatic rings. The zero-order chi connectivity index (χ0) is 27.6. The molecule has 0 bridgehead atoms. The fourth-order valence-corrected chi connectivity index (χ4v) is 3.49. The molecule has 0 fully saturated rings. The van der Waals surface area contributed by atoms with Crippen LogP contribution >= 0.6 is 24.8 Å². The van der Waals surface area contributed by atoms with Gasteiger partial charge in [-0.1, -0.05) is 0 Å². The lowest BCUT2D eigenvalue weighted by Gasteiger charge is -2.12. The lowest BCUT2D eigenvalue weighted by molar-refractivity contribution is -0.137. The minimum Gasteiger partial charge on any atom is -0.457 e. The Morgan fingerprint density at radius 2 is 1.61 bits per heavy atom. The van der Waals surface area contributed by atoms with Crippen LogP contribution in [0, 0.1) is 5.82 Å². The first kappa shape index (κ1) is 30.7. The van der Waals surface area contributed by atoms with Crippen molar-refractivity contribution in [3.05, 3.63) is 90.3 Å². The summed E-state index contributed by atoms with van der Waals surface area (Å²) in [5.74, 6) is -0.365. The highest BCUT2D eigenvalue weighted by molar-refractivity contribution is 6.02. The molecule has 0 saturated carbocycles. The quantitative estimate of drug-likeness (QED) is 0.132. The standard InChI is InChI=1S/C25H17F4N7O3.2ClH/c26-17-7-1-13(25(27,28)29)9-19(17)35-24(38)32-14-2-4-15(5-3-14)39-16-6-8-18-20(10-16)34-23(33-18)36-22(37)21-11-30-12-31-21;;/h1-12H,(H,30,31)(H2,32,35,38)(H2,33,34,36,37);2*1H. The Balaban J connectivity index is 0.00000231. The van der Waals surface area contributed by atoms with E-state index in [1.165, 1.54) is 24.7 Å². The second kappa shape index (κ2) is 12.6. The van der Waals surface area contributed by atoms with E-state index in [4.69, 9.17) is 4.74 Å². The molecular weight excluding hydrogens is 593 g/mol. The number of nitrogens with zero attached hydrogens (tertiary/aromatic N) is 2. The maximum Gasteiger partial charge on any atom is 0.416 e. The highest BCUT2D eigenvalue weighted by Gasteiger charge is 2.31. The highest BCUT2D eigenvalue weighted by Crippen LogP contribution is 2.32. The monoisotopic (exact) mass is 611 g/mol. The number of hydrogen-bond acceptors (Lipinski definition) is 5. The number of urea groups is 1. The summed E-state index contributed by atoms with van der Waals surface area (Å²) in [5.41, 5.74) is -0.0299. The van der Waals surface area contributed by atoms with Crippen molar-refractivity contribution in [3.63, 3.8) is 0 Å². The van der Waals surface area contributed by atoms with Crippen LogP contribution in [0.4, 0.5) is 39.7 Å². The number of rotatable bonds is 6. The van der Waals surface area contributed by atoms with E-state index in [1.807, 2.05) is 0 Å². The van der Waals surface area contributed by atoms with Gasteiger partial charge < -0.3 is 25.3 Å². The molecule has 3 amide bonds. The number of benzene rings is 3. The maximum absolute atomic E-state index is 13.9. The number of H-pyrrole nitrogens is 2. The molecule has 0 unspecified atom stereocenters. The molecule has 0 radical (unpaired) electrons. The number of alkyl halides is 3. The van der Waals surface area contributed by atoms with E-state index < -0.39 is 35.2 Å². The van der Waals surface area contributed by atoms with Gasteiger partial charge in [-0.05, 0) is 54.6 Å². The zero-order valence-corrected chi connectivity index (χ0v) is 22.0. The van der Waals surface area contributed by atoms with Crippen LogP contribution in [0.2, 0.25) is 0 Å². The Morgan fingerprint density at radius 1 is 0.878 bits per heavy atom. The average molecular weight is 612 g/mol. The molecule has 5 rings (SSSR count). The number of nitrogens with one attached hydrogen (secondary N) is 5. The Bertz CT molecular complexity index is 1660. The lowest BCUT2D eigenvalue weighted by atomic mass is 10.2. The minimum absolute atomic E-state index is 0. The molecule has 10 nitrogen and oxygen atoms in total. The Hall–Kier alpha value is -4.82. The second-order valence-electron chi connectivity index (χ2n) is 8.07. The molecule has 5 N–H and O–H groups in total. The van der Waals surface area contributed by atoms with Gasteiger partial charge in [0, 0.05) is 18.0 Å². The van der Waals surface area contributed by atoms with Crippen molar-refractivity contribution < 1.29 is 31.9 Å². The van der Waals surface area contributed by atoms with Gasteiger partial charge in [0.25, 0.3) is 5.91 Å². The van der Waals surface area contributed by atoms with Gasteiger partial charge in [0.05, 0.1) is 28.6 Å². The predicted octanol–water partition coefficient (Wildman–Crippen LogP) is 6.98. The normalized spacial score (nSPS) is 10.7. The van der Waals surface area contributed by atoms with E-state index in [-0.39, 0.29) is 42.1 Å². The van der Waals surface area contributed by atoms with E-state index in [1.54, 1.807) is 30.3 Å². The molecule has 0 aliphatic rings. The van der Waals surface area contributed by atoms with E-state index >= 15 is 0 Å². The Labute approximate surface area is 240 Å². The van der Waals surface area contributed by atoms with Crippen LogP contribution in [0.15, 0.2) is 73.2 Å². The van der Waals surface area contributed by atoms with Gasteiger partial charge in [0.2, 0.25) is 5.95 Å². The number of aromatic nitrogens is 4.